The van der Waals surface area contributed by atoms with Crippen LogP contribution < -0.4 is 4.90 Å². The Morgan fingerprint density at radius 3 is 2.23 bits per heavy atom. The third kappa shape index (κ3) is 4.34. The lowest BCUT2D eigenvalue weighted by molar-refractivity contribution is -0.137. The van der Waals surface area contributed by atoms with E-state index in [0.717, 1.165) is 69.4 Å². The van der Waals surface area contributed by atoms with Crippen molar-refractivity contribution in [2.24, 2.45) is 0 Å². The van der Waals surface area contributed by atoms with E-state index >= 15 is 0 Å². The van der Waals surface area contributed by atoms with Crippen molar-refractivity contribution in [1.29, 1.82) is 0 Å². The fraction of sp³-hybridized carbons (Fsp3) is 0.750. The lowest BCUT2D eigenvalue weighted by Crippen LogP contribution is -2.55. The summed E-state index contributed by atoms with van der Waals surface area (Å²) in [4.78, 5) is 28.8. The molecule has 0 N–H and O–H groups in total. The maximum absolute atomic E-state index is 12.8. The van der Waals surface area contributed by atoms with E-state index < -0.39 is 0 Å². The van der Waals surface area contributed by atoms with Crippen LogP contribution in [-0.2, 0) is 4.79 Å². The normalized spacial score (nSPS) is 20.5. The van der Waals surface area contributed by atoms with Crippen molar-refractivity contribution in [3.05, 3.63) is 17.6 Å². The number of carbonyl (C=O) groups excluding carboxylic acids is 1. The molecule has 6 nitrogen and oxygen atoms in total. The summed E-state index contributed by atoms with van der Waals surface area (Å²) >= 11 is 0. The number of hydrogen-bond acceptors (Lipinski definition) is 5. The third-order valence-corrected chi connectivity index (χ3v) is 5.59. The van der Waals surface area contributed by atoms with E-state index in [1.807, 2.05) is 6.92 Å². The van der Waals surface area contributed by atoms with Crippen molar-refractivity contribution < 1.29 is 4.79 Å². The first-order valence-electron chi connectivity index (χ1n) is 10.1. The topological polar surface area (TPSA) is 52.6 Å². The zero-order chi connectivity index (χ0) is 18.7. The number of nitrogens with zero attached hydrogens (tertiary/aromatic N) is 5. The van der Waals surface area contributed by atoms with Crippen molar-refractivity contribution in [2.75, 3.05) is 44.2 Å². The van der Waals surface area contributed by atoms with Crippen molar-refractivity contribution >= 4 is 11.7 Å². The molecular formula is C20H33N5O. The Morgan fingerprint density at radius 1 is 0.962 bits per heavy atom. The first-order chi connectivity index (χ1) is 12.5. The van der Waals surface area contributed by atoms with E-state index in [1.54, 1.807) is 0 Å². The highest BCUT2D eigenvalue weighted by Crippen LogP contribution is 2.20. The number of piperidine rings is 1. The number of carbonyl (C=O) groups is 1. The number of piperazine rings is 1. The summed E-state index contributed by atoms with van der Waals surface area (Å²) in [5.41, 5.74) is 1.02. The molecule has 1 unspecified atom stereocenters. The van der Waals surface area contributed by atoms with Crippen LogP contribution in [0.5, 0.6) is 0 Å². The van der Waals surface area contributed by atoms with Crippen LogP contribution in [0.25, 0.3) is 0 Å². The number of aromatic nitrogens is 2. The molecule has 0 bridgehead atoms. The van der Waals surface area contributed by atoms with Gasteiger partial charge in [-0.1, -0.05) is 13.8 Å². The van der Waals surface area contributed by atoms with Crippen LogP contribution >= 0.6 is 0 Å². The Hall–Kier alpha value is -1.69. The third-order valence-electron chi connectivity index (χ3n) is 5.59. The maximum atomic E-state index is 12.8. The summed E-state index contributed by atoms with van der Waals surface area (Å²) in [6.45, 7) is 13.8. The molecule has 0 spiro atoms. The van der Waals surface area contributed by atoms with Gasteiger partial charge in [-0.3, -0.25) is 9.69 Å². The van der Waals surface area contributed by atoms with Crippen molar-refractivity contribution in [1.82, 2.24) is 19.8 Å². The molecule has 1 amide bonds. The summed E-state index contributed by atoms with van der Waals surface area (Å²) in [5, 5.41) is 0. The number of aryl methyl sites for hydroxylation is 1. The highest BCUT2D eigenvalue weighted by Gasteiger charge is 2.29. The molecule has 2 aliphatic rings. The van der Waals surface area contributed by atoms with Crippen LogP contribution in [-0.4, -0.2) is 71.0 Å². The molecular weight excluding hydrogens is 326 g/mol. The van der Waals surface area contributed by atoms with Gasteiger partial charge in [0.2, 0.25) is 5.91 Å². The van der Waals surface area contributed by atoms with E-state index in [1.165, 1.54) is 6.42 Å². The monoisotopic (exact) mass is 359 g/mol. The molecule has 2 aliphatic heterocycles. The smallest absolute Gasteiger partial charge is 0.239 e. The van der Waals surface area contributed by atoms with Crippen molar-refractivity contribution in [3.63, 3.8) is 0 Å². The summed E-state index contributed by atoms with van der Waals surface area (Å²) in [6.07, 6.45) is 3.56. The summed E-state index contributed by atoms with van der Waals surface area (Å²) in [7, 11) is 0. The predicted octanol–water partition coefficient (Wildman–Crippen LogP) is 2.43. The molecule has 144 valence electrons. The molecule has 0 aliphatic carbocycles. The van der Waals surface area contributed by atoms with Crippen LogP contribution in [0.3, 0.4) is 0 Å². The molecule has 26 heavy (non-hydrogen) atoms. The number of rotatable bonds is 4. The predicted molar refractivity (Wildman–Crippen MR) is 105 cm³/mol. The second-order valence-electron chi connectivity index (χ2n) is 7.97. The van der Waals surface area contributed by atoms with Crippen molar-refractivity contribution in [2.45, 2.75) is 58.9 Å². The summed E-state index contributed by atoms with van der Waals surface area (Å²) < 4.78 is 0. The van der Waals surface area contributed by atoms with E-state index in [4.69, 9.17) is 4.98 Å². The standard InChI is InChI=1S/C20H33N5O/c1-15(2)19-21-16(3)14-18(22-19)24-12-10-23(11-13-24)17(4)20(26)25-8-6-5-7-9-25/h14-15,17H,5-13H2,1-4H3. The number of anilines is 1. The zero-order valence-corrected chi connectivity index (χ0v) is 16.7. The highest BCUT2D eigenvalue weighted by molar-refractivity contribution is 5.81. The van der Waals surface area contributed by atoms with Crippen LogP contribution in [0.15, 0.2) is 6.07 Å². The molecule has 2 saturated heterocycles. The molecule has 1 aromatic rings. The molecule has 0 radical (unpaired) electrons. The minimum Gasteiger partial charge on any atom is -0.354 e. The molecule has 3 rings (SSSR count). The lowest BCUT2D eigenvalue weighted by atomic mass is 10.1. The van der Waals surface area contributed by atoms with Gasteiger partial charge >= 0.3 is 0 Å². The van der Waals surface area contributed by atoms with E-state index in [9.17, 15) is 4.79 Å². The lowest BCUT2D eigenvalue weighted by Gasteiger charge is -2.40. The zero-order valence-electron chi connectivity index (χ0n) is 16.7. The minimum atomic E-state index is -0.0198. The molecule has 1 aromatic heterocycles. The van der Waals surface area contributed by atoms with E-state index in [2.05, 4.69) is 46.5 Å². The van der Waals surface area contributed by atoms with Gasteiger partial charge in [-0.05, 0) is 33.1 Å². The largest absolute Gasteiger partial charge is 0.354 e. The van der Waals surface area contributed by atoms with Gasteiger partial charge in [-0.2, -0.15) is 0 Å². The number of likely N-dealkylation sites (tertiary alicyclic amines) is 1. The molecule has 0 aromatic carbocycles. The highest BCUT2D eigenvalue weighted by atomic mass is 16.2. The van der Waals surface area contributed by atoms with Gasteiger partial charge in [0.15, 0.2) is 0 Å². The van der Waals surface area contributed by atoms with Crippen molar-refractivity contribution in [3.8, 4) is 0 Å². The summed E-state index contributed by atoms with van der Waals surface area (Å²) in [5.74, 6) is 2.57. The van der Waals surface area contributed by atoms with E-state index in [-0.39, 0.29) is 6.04 Å². The number of amides is 1. The average Bonchev–Trinajstić information content (AvgIpc) is 2.67. The SMILES string of the molecule is Cc1cc(N2CCN(C(C)C(=O)N3CCCCC3)CC2)nc(C(C)C)n1. The second kappa shape index (κ2) is 8.33. The first-order valence-corrected chi connectivity index (χ1v) is 10.1. The Balaban J connectivity index is 1.59. The van der Waals surface area contributed by atoms with Gasteiger partial charge in [0.05, 0.1) is 6.04 Å². The Bertz CT molecular complexity index is 619. The fourth-order valence-electron chi connectivity index (χ4n) is 3.87. The van der Waals surface area contributed by atoms with Gasteiger partial charge in [0.1, 0.15) is 11.6 Å². The molecule has 0 saturated carbocycles. The van der Waals surface area contributed by atoms with Gasteiger partial charge in [0, 0.05) is 56.9 Å². The Labute approximate surface area is 157 Å². The molecule has 2 fully saturated rings. The van der Waals surface area contributed by atoms with Gasteiger partial charge < -0.3 is 9.80 Å². The Kier molecular flexibility index (Phi) is 6.12. The Morgan fingerprint density at radius 2 is 1.62 bits per heavy atom. The van der Waals surface area contributed by atoms with E-state index in [0.29, 0.717) is 11.8 Å². The first kappa shape index (κ1) is 19.1. The van der Waals surface area contributed by atoms with Gasteiger partial charge in [-0.25, -0.2) is 9.97 Å². The van der Waals surface area contributed by atoms with Crippen LogP contribution in [0, 0.1) is 6.92 Å². The van der Waals surface area contributed by atoms with Gasteiger partial charge in [0.25, 0.3) is 0 Å². The molecule has 1 atom stereocenters. The molecule has 6 heteroatoms. The van der Waals surface area contributed by atoms with Crippen LogP contribution in [0.4, 0.5) is 5.82 Å². The molecule has 3 heterocycles. The minimum absolute atomic E-state index is 0.0198. The average molecular weight is 360 g/mol. The fourth-order valence-corrected chi connectivity index (χ4v) is 3.87. The maximum Gasteiger partial charge on any atom is 0.239 e. The second-order valence-corrected chi connectivity index (χ2v) is 7.97. The summed E-state index contributed by atoms with van der Waals surface area (Å²) in [6, 6.07) is 2.05. The van der Waals surface area contributed by atoms with Crippen LogP contribution in [0.1, 0.15) is 57.5 Å². The van der Waals surface area contributed by atoms with Gasteiger partial charge in [-0.15, -0.1) is 0 Å². The quantitative estimate of drug-likeness (QED) is 0.826. The number of hydrogen-bond donors (Lipinski definition) is 0. The van der Waals surface area contributed by atoms with Crippen LogP contribution in [0.2, 0.25) is 0 Å².